The normalized spacial score (nSPS) is 12.8. The van der Waals surface area contributed by atoms with Crippen LogP contribution in [0.15, 0.2) is 24.3 Å². The molecule has 0 aliphatic rings. The molecule has 0 saturated carbocycles. The van der Waals surface area contributed by atoms with Crippen LogP contribution in [-0.4, -0.2) is 29.4 Å². The summed E-state index contributed by atoms with van der Waals surface area (Å²) in [7, 11) is -3.64. The van der Waals surface area contributed by atoms with Gasteiger partial charge in [-0.15, -0.1) is 0 Å². The molecule has 0 spiro atoms. The highest BCUT2D eigenvalue weighted by molar-refractivity contribution is 7.63. The van der Waals surface area contributed by atoms with Gasteiger partial charge in [-0.1, -0.05) is 6.07 Å². The highest BCUT2D eigenvalue weighted by Crippen LogP contribution is 2.60. The van der Waals surface area contributed by atoms with E-state index < -0.39 is 18.8 Å². The average Bonchev–Trinajstić information content (AvgIpc) is 2.69. The Balaban J connectivity index is 2.59. The van der Waals surface area contributed by atoms with Gasteiger partial charge in [-0.2, -0.15) is 8.78 Å². The first-order chi connectivity index (χ1) is 8.63. The number of carboxylic acids is 1. The van der Waals surface area contributed by atoms with Crippen molar-refractivity contribution in [3.63, 3.8) is 0 Å². The summed E-state index contributed by atoms with van der Waals surface area (Å²) in [5.41, 5.74) is -3.43. The second-order valence-electron chi connectivity index (χ2n) is 4.68. The fourth-order valence-corrected chi connectivity index (χ4v) is 2.51. The fourth-order valence-electron chi connectivity index (χ4n) is 1.75. The van der Waals surface area contributed by atoms with E-state index in [4.69, 9.17) is 5.11 Å². The molecular formula is C12H12F2NO3P. The Kier molecular flexibility index (Phi) is 3.01. The predicted molar refractivity (Wildman–Crippen MR) is 68.6 cm³/mol. The lowest BCUT2D eigenvalue weighted by Gasteiger charge is -2.21. The van der Waals surface area contributed by atoms with Crippen molar-refractivity contribution in [3.05, 3.63) is 35.5 Å². The highest BCUT2D eigenvalue weighted by Gasteiger charge is 2.44. The van der Waals surface area contributed by atoms with E-state index in [2.05, 4.69) is 4.98 Å². The largest absolute Gasteiger partial charge is 0.477 e. The van der Waals surface area contributed by atoms with Crippen LogP contribution < -0.4 is 0 Å². The number of carboxylic acid groups (broad SMARTS) is 1. The van der Waals surface area contributed by atoms with Gasteiger partial charge in [-0.3, -0.25) is 0 Å². The summed E-state index contributed by atoms with van der Waals surface area (Å²) in [6.45, 7) is 2.05. The summed E-state index contributed by atoms with van der Waals surface area (Å²) in [6, 6.07) is 4.95. The third-order valence-corrected chi connectivity index (χ3v) is 4.49. The van der Waals surface area contributed by atoms with Crippen LogP contribution in [0, 0.1) is 0 Å². The molecule has 2 N–H and O–H groups in total. The number of hydrogen-bond donors (Lipinski definition) is 2. The number of H-pyrrole nitrogens is 1. The van der Waals surface area contributed by atoms with Gasteiger partial charge in [0.05, 0.1) is 0 Å². The summed E-state index contributed by atoms with van der Waals surface area (Å²) in [5, 5.41) is 9.17. The smallest absolute Gasteiger partial charge is 0.352 e. The lowest BCUT2D eigenvalue weighted by Crippen LogP contribution is -2.12. The molecule has 0 aliphatic carbocycles. The number of alkyl halides is 2. The zero-order valence-electron chi connectivity index (χ0n) is 10.3. The molecule has 4 nitrogen and oxygen atoms in total. The number of nitrogens with one attached hydrogen (secondary N) is 1. The molecule has 0 atom stereocenters. The molecule has 7 heteroatoms. The molecule has 2 rings (SSSR count). The number of rotatable bonds is 3. The Morgan fingerprint density at radius 1 is 1.32 bits per heavy atom. The number of benzene rings is 1. The van der Waals surface area contributed by atoms with Crippen molar-refractivity contribution >= 4 is 24.0 Å². The fraction of sp³-hybridized carbons (Fsp3) is 0.250. The van der Waals surface area contributed by atoms with Gasteiger partial charge in [0.2, 0.25) is 0 Å². The van der Waals surface area contributed by atoms with Crippen LogP contribution in [0.3, 0.4) is 0 Å². The van der Waals surface area contributed by atoms with Crippen molar-refractivity contribution in [3.8, 4) is 0 Å². The molecule has 2 aromatic rings. The third-order valence-electron chi connectivity index (χ3n) is 2.87. The van der Waals surface area contributed by atoms with Gasteiger partial charge in [-0.25, -0.2) is 4.79 Å². The molecule has 102 valence electrons. The number of halogens is 2. The molecule has 0 radical (unpaired) electrons. The summed E-state index contributed by atoms with van der Waals surface area (Å²) in [4.78, 5) is 13.4. The number of aromatic amines is 1. The lowest BCUT2D eigenvalue weighted by molar-refractivity contribution is 0.0691. The first kappa shape index (κ1) is 13.7. The number of carbonyl (C=O) groups is 1. The third kappa shape index (κ3) is 2.28. The van der Waals surface area contributed by atoms with Gasteiger partial charge in [0.25, 0.3) is 0 Å². The van der Waals surface area contributed by atoms with Crippen molar-refractivity contribution in [2.24, 2.45) is 0 Å². The standard InChI is InChI=1S/C12H12F2NO3P/c1-19(2,18)12(13,14)8-3-4-9-7(5-8)6-10(15-9)11(16)17/h3-6,15H,1-2H3,(H,16,17). The minimum Gasteiger partial charge on any atom is -0.477 e. The molecular weight excluding hydrogens is 275 g/mol. The van der Waals surface area contributed by atoms with Crippen molar-refractivity contribution in [1.82, 2.24) is 4.98 Å². The van der Waals surface area contributed by atoms with Crippen molar-refractivity contribution < 1.29 is 23.2 Å². The summed E-state index contributed by atoms with van der Waals surface area (Å²) in [6.07, 6.45) is 0. The van der Waals surface area contributed by atoms with Crippen LogP contribution in [0.5, 0.6) is 0 Å². The molecule has 19 heavy (non-hydrogen) atoms. The SMILES string of the molecule is CP(C)(=O)C(F)(F)c1ccc2[nH]c(C(=O)O)cc2c1. The quantitative estimate of drug-likeness (QED) is 0.848. The maximum atomic E-state index is 14.0. The van der Waals surface area contributed by atoms with E-state index in [9.17, 15) is 18.1 Å². The van der Waals surface area contributed by atoms with E-state index in [-0.39, 0.29) is 11.3 Å². The van der Waals surface area contributed by atoms with E-state index in [1.807, 2.05) is 0 Å². The lowest BCUT2D eigenvalue weighted by atomic mass is 10.1. The minimum atomic E-state index is -3.64. The van der Waals surface area contributed by atoms with Crippen molar-refractivity contribution in [1.29, 1.82) is 0 Å². The molecule has 0 fully saturated rings. The Morgan fingerprint density at radius 2 is 1.95 bits per heavy atom. The van der Waals surface area contributed by atoms with E-state index in [1.165, 1.54) is 12.1 Å². The van der Waals surface area contributed by atoms with Crippen LogP contribution in [-0.2, 0) is 10.2 Å². The zero-order valence-corrected chi connectivity index (χ0v) is 11.2. The summed E-state index contributed by atoms with van der Waals surface area (Å²) < 4.78 is 39.6. The predicted octanol–water partition coefficient (Wildman–Crippen LogP) is 3.54. The molecule has 0 saturated heterocycles. The summed E-state index contributed by atoms with van der Waals surface area (Å²) in [5.74, 6) is -1.17. The van der Waals surface area contributed by atoms with Gasteiger partial charge in [0.15, 0.2) is 7.14 Å². The van der Waals surface area contributed by atoms with Crippen molar-refractivity contribution in [2.45, 2.75) is 5.66 Å². The van der Waals surface area contributed by atoms with E-state index >= 15 is 0 Å². The molecule has 0 unspecified atom stereocenters. The molecule has 1 heterocycles. The van der Waals surface area contributed by atoms with E-state index in [1.54, 1.807) is 0 Å². The van der Waals surface area contributed by atoms with E-state index in [0.717, 1.165) is 25.5 Å². The molecule has 0 amide bonds. The van der Waals surface area contributed by atoms with Gasteiger partial charge >= 0.3 is 11.6 Å². The van der Waals surface area contributed by atoms with Gasteiger partial charge in [0.1, 0.15) is 5.69 Å². The average molecular weight is 287 g/mol. The first-order valence-corrected chi connectivity index (χ1v) is 8.02. The monoisotopic (exact) mass is 287 g/mol. The van der Waals surface area contributed by atoms with Crippen LogP contribution in [0.2, 0.25) is 0 Å². The topological polar surface area (TPSA) is 70.2 Å². The first-order valence-electron chi connectivity index (χ1n) is 5.42. The van der Waals surface area contributed by atoms with Crippen LogP contribution in [0.4, 0.5) is 8.78 Å². The molecule has 1 aromatic carbocycles. The minimum absolute atomic E-state index is 0.0772. The van der Waals surface area contributed by atoms with Crippen LogP contribution >= 0.6 is 7.14 Å². The van der Waals surface area contributed by atoms with Crippen molar-refractivity contribution in [2.75, 3.05) is 13.3 Å². The number of fused-ring (bicyclic) bond motifs is 1. The maximum absolute atomic E-state index is 14.0. The Bertz CT molecular complexity index is 702. The van der Waals surface area contributed by atoms with Gasteiger partial charge < -0.3 is 14.7 Å². The van der Waals surface area contributed by atoms with Crippen LogP contribution in [0.1, 0.15) is 16.1 Å². The number of aromatic carboxylic acids is 1. The second kappa shape index (κ2) is 4.17. The Morgan fingerprint density at radius 3 is 2.47 bits per heavy atom. The van der Waals surface area contributed by atoms with Crippen LogP contribution in [0.25, 0.3) is 10.9 Å². The van der Waals surface area contributed by atoms with E-state index in [0.29, 0.717) is 10.9 Å². The molecule has 0 bridgehead atoms. The van der Waals surface area contributed by atoms with Gasteiger partial charge in [-0.05, 0) is 31.5 Å². The zero-order chi connectivity index (χ0) is 14.4. The maximum Gasteiger partial charge on any atom is 0.352 e. The number of aromatic nitrogens is 1. The summed E-state index contributed by atoms with van der Waals surface area (Å²) >= 11 is 0. The second-order valence-corrected chi connectivity index (χ2v) is 7.95. The van der Waals surface area contributed by atoms with Gasteiger partial charge in [0, 0.05) is 16.5 Å². The highest BCUT2D eigenvalue weighted by atomic mass is 31.2. The Labute approximate surface area is 107 Å². The Hall–Kier alpha value is -1.68. The molecule has 1 aromatic heterocycles. The molecule has 0 aliphatic heterocycles. The number of hydrogen-bond acceptors (Lipinski definition) is 2.